The Kier molecular flexibility index (Phi) is 8.80. The highest BCUT2D eigenvalue weighted by Gasteiger charge is 2.10. The number of aliphatic imine (C=N–C) groups is 1. The van der Waals surface area contributed by atoms with E-state index in [1.807, 2.05) is 38.1 Å². The van der Waals surface area contributed by atoms with E-state index in [9.17, 15) is 4.79 Å². The molecule has 0 spiro atoms. The molecule has 1 rings (SSSR count). The quantitative estimate of drug-likeness (QED) is 0.392. The van der Waals surface area contributed by atoms with E-state index in [2.05, 4.69) is 27.9 Å². The molecule has 0 aromatic heterocycles. The van der Waals surface area contributed by atoms with E-state index >= 15 is 0 Å². The molecule has 5 nitrogen and oxygen atoms in total. The zero-order chi connectivity index (χ0) is 17.1. The first kappa shape index (κ1) is 19.0. The van der Waals surface area contributed by atoms with Gasteiger partial charge in [-0.25, -0.2) is 0 Å². The zero-order valence-electron chi connectivity index (χ0n) is 14.8. The Balaban J connectivity index is 2.54. The molecule has 1 aromatic carbocycles. The molecule has 0 heterocycles. The molecule has 0 aliphatic heterocycles. The SMILES string of the molecule is CCCCNC(=NC)NCc1cccc(NC(=O)C(C)CC)c1. The average Bonchev–Trinajstić information content (AvgIpc) is 2.57. The van der Waals surface area contributed by atoms with E-state index in [1.54, 1.807) is 7.05 Å². The van der Waals surface area contributed by atoms with Crippen LogP contribution in [-0.4, -0.2) is 25.5 Å². The van der Waals surface area contributed by atoms with Gasteiger partial charge in [0, 0.05) is 31.7 Å². The fraction of sp³-hybridized carbons (Fsp3) is 0.556. The number of anilines is 1. The molecule has 0 bridgehead atoms. The first-order valence-corrected chi connectivity index (χ1v) is 8.45. The molecule has 0 saturated carbocycles. The topological polar surface area (TPSA) is 65.5 Å². The van der Waals surface area contributed by atoms with Crippen LogP contribution in [0.2, 0.25) is 0 Å². The van der Waals surface area contributed by atoms with Gasteiger partial charge in [-0.05, 0) is 30.5 Å². The van der Waals surface area contributed by atoms with Crippen molar-refractivity contribution in [3.8, 4) is 0 Å². The second-order valence-electron chi connectivity index (χ2n) is 5.71. The number of hydrogen-bond donors (Lipinski definition) is 3. The number of benzene rings is 1. The van der Waals surface area contributed by atoms with Crippen molar-refractivity contribution in [3.05, 3.63) is 29.8 Å². The number of nitrogens with zero attached hydrogens (tertiary/aromatic N) is 1. The van der Waals surface area contributed by atoms with Crippen molar-refractivity contribution < 1.29 is 4.79 Å². The summed E-state index contributed by atoms with van der Waals surface area (Å²) in [4.78, 5) is 16.2. The van der Waals surface area contributed by atoms with Gasteiger partial charge in [-0.15, -0.1) is 0 Å². The highest BCUT2D eigenvalue weighted by atomic mass is 16.1. The first-order valence-electron chi connectivity index (χ1n) is 8.45. The summed E-state index contributed by atoms with van der Waals surface area (Å²) in [5.41, 5.74) is 1.94. The van der Waals surface area contributed by atoms with Gasteiger partial charge in [-0.1, -0.05) is 39.3 Å². The summed E-state index contributed by atoms with van der Waals surface area (Å²) in [7, 11) is 1.77. The maximum atomic E-state index is 12.0. The molecule has 1 unspecified atom stereocenters. The lowest BCUT2D eigenvalue weighted by atomic mass is 10.1. The lowest BCUT2D eigenvalue weighted by Crippen LogP contribution is -2.37. The van der Waals surface area contributed by atoms with Gasteiger partial charge in [0.25, 0.3) is 0 Å². The standard InChI is InChI=1S/C18H30N4O/c1-5-7-11-20-18(19-4)21-13-15-9-8-10-16(12-15)22-17(23)14(3)6-2/h8-10,12,14H,5-7,11,13H2,1-4H3,(H,22,23)(H2,19,20,21). The molecule has 0 radical (unpaired) electrons. The van der Waals surface area contributed by atoms with Crippen LogP contribution in [0.4, 0.5) is 5.69 Å². The van der Waals surface area contributed by atoms with Crippen molar-refractivity contribution in [2.45, 2.75) is 46.6 Å². The van der Waals surface area contributed by atoms with Crippen LogP contribution >= 0.6 is 0 Å². The van der Waals surface area contributed by atoms with Gasteiger partial charge >= 0.3 is 0 Å². The number of nitrogens with one attached hydrogen (secondary N) is 3. The van der Waals surface area contributed by atoms with Gasteiger partial charge in [-0.2, -0.15) is 0 Å². The van der Waals surface area contributed by atoms with Crippen LogP contribution in [0.3, 0.4) is 0 Å². The third kappa shape index (κ3) is 7.17. The number of carbonyl (C=O) groups is 1. The number of amides is 1. The van der Waals surface area contributed by atoms with Crippen molar-refractivity contribution >= 4 is 17.6 Å². The fourth-order valence-electron chi connectivity index (χ4n) is 2.00. The number of hydrogen-bond acceptors (Lipinski definition) is 2. The van der Waals surface area contributed by atoms with Crippen molar-refractivity contribution in [1.82, 2.24) is 10.6 Å². The maximum absolute atomic E-state index is 12.0. The minimum absolute atomic E-state index is 0.0263. The molecule has 1 aromatic rings. The molecule has 5 heteroatoms. The van der Waals surface area contributed by atoms with Crippen LogP contribution in [0.15, 0.2) is 29.3 Å². The Morgan fingerprint density at radius 3 is 2.70 bits per heavy atom. The van der Waals surface area contributed by atoms with Crippen LogP contribution in [0, 0.1) is 5.92 Å². The number of rotatable bonds is 8. The first-order chi connectivity index (χ1) is 11.1. The zero-order valence-corrected chi connectivity index (χ0v) is 14.8. The molecule has 128 valence electrons. The van der Waals surface area contributed by atoms with Gasteiger partial charge in [0.2, 0.25) is 5.91 Å². The molecule has 0 saturated heterocycles. The second kappa shape index (κ2) is 10.6. The maximum Gasteiger partial charge on any atom is 0.227 e. The van der Waals surface area contributed by atoms with Crippen molar-refractivity contribution in [2.75, 3.05) is 18.9 Å². The van der Waals surface area contributed by atoms with Crippen LogP contribution in [0.5, 0.6) is 0 Å². The van der Waals surface area contributed by atoms with Crippen molar-refractivity contribution in [1.29, 1.82) is 0 Å². The van der Waals surface area contributed by atoms with Gasteiger partial charge < -0.3 is 16.0 Å². The highest BCUT2D eigenvalue weighted by Crippen LogP contribution is 2.13. The van der Waals surface area contributed by atoms with Crippen LogP contribution in [0.25, 0.3) is 0 Å². The summed E-state index contributed by atoms with van der Waals surface area (Å²) in [6, 6.07) is 7.90. The van der Waals surface area contributed by atoms with E-state index < -0.39 is 0 Å². The predicted octanol–water partition coefficient (Wildman–Crippen LogP) is 3.14. The third-order valence-electron chi connectivity index (χ3n) is 3.76. The summed E-state index contributed by atoms with van der Waals surface area (Å²) in [6.07, 6.45) is 3.12. The van der Waals surface area contributed by atoms with Gasteiger partial charge in [0.1, 0.15) is 0 Å². The largest absolute Gasteiger partial charge is 0.356 e. The van der Waals surface area contributed by atoms with Gasteiger partial charge in [0.15, 0.2) is 5.96 Å². The number of guanidine groups is 1. The number of unbranched alkanes of at least 4 members (excludes halogenated alkanes) is 1. The highest BCUT2D eigenvalue weighted by molar-refractivity contribution is 5.92. The van der Waals surface area contributed by atoms with E-state index in [4.69, 9.17) is 0 Å². The monoisotopic (exact) mass is 318 g/mol. The third-order valence-corrected chi connectivity index (χ3v) is 3.76. The molecule has 1 atom stereocenters. The minimum atomic E-state index is 0.0263. The normalized spacial score (nSPS) is 12.6. The Morgan fingerprint density at radius 1 is 1.26 bits per heavy atom. The van der Waals surface area contributed by atoms with E-state index in [0.29, 0.717) is 6.54 Å². The molecule has 3 N–H and O–H groups in total. The Labute approximate surface area is 140 Å². The van der Waals surface area contributed by atoms with Gasteiger partial charge in [0.05, 0.1) is 0 Å². The molecular weight excluding hydrogens is 288 g/mol. The molecule has 0 fully saturated rings. The van der Waals surface area contributed by atoms with E-state index in [-0.39, 0.29) is 11.8 Å². The summed E-state index contributed by atoms with van der Waals surface area (Å²) in [6.45, 7) is 7.70. The molecule has 0 aliphatic carbocycles. The van der Waals surface area contributed by atoms with Crippen molar-refractivity contribution in [2.24, 2.45) is 10.9 Å². The average molecular weight is 318 g/mol. The predicted molar refractivity (Wildman–Crippen MR) is 97.6 cm³/mol. The van der Waals surface area contributed by atoms with Crippen LogP contribution < -0.4 is 16.0 Å². The number of carbonyl (C=O) groups excluding carboxylic acids is 1. The Bertz CT molecular complexity index is 513. The van der Waals surface area contributed by atoms with Crippen molar-refractivity contribution in [3.63, 3.8) is 0 Å². The van der Waals surface area contributed by atoms with E-state index in [0.717, 1.165) is 43.0 Å². The molecule has 23 heavy (non-hydrogen) atoms. The summed E-state index contributed by atoms with van der Waals surface area (Å²) < 4.78 is 0. The lowest BCUT2D eigenvalue weighted by Gasteiger charge is -2.13. The summed E-state index contributed by atoms with van der Waals surface area (Å²) in [5.74, 6) is 0.889. The van der Waals surface area contributed by atoms with Crippen LogP contribution in [0.1, 0.15) is 45.6 Å². The van der Waals surface area contributed by atoms with Crippen LogP contribution in [-0.2, 0) is 11.3 Å². The molecule has 0 aliphatic rings. The Morgan fingerprint density at radius 2 is 2.04 bits per heavy atom. The molecule has 1 amide bonds. The fourth-order valence-corrected chi connectivity index (χ4v) is 2.00. The smallest absolute Gasteiger partial charge is 0.227 e. The summed E-state index contributed by atoms with van der Waals surface area (Å²) in [5, 5.41) is 9.53. The Hall–Kier alpha value is -2.04. The molecular formula is C18H30N4O. The minimum Gasteiger partial charge on any atom is -0.356 e. The summed E-state index contributed by atoms with van der Waals surface area (Å²) >= 11 is 0. The van der Waals surface area contributed by atoms with Gasteiger partial charge in [-0.3, -0.25) is 9.79 Å². The second-order valence-corrected chi connectivity index (χ2v) is 5.71. The van der Waals surface area contributed by atoms with E-state index in [1.165, 1.54) is 0 Å². The lowest BCUT2D eigenvalue weighted by molar-refractivity contribution is -0.119.